The molecule has 2 N–H and O–H groups in total. The Morgan fingerprint density at radius 2 is 1.16 bits per heavy atom. The lowest BCUT2D eigenvalue weighted by atomic mass is 9.56. The van der Waals surface area contributed by atoms with Crippen LogP contribution >= 0.6 is 31.9 Å². The summed E-state index contributed by atoms with van der Waals surface area (Å²) in [6.07, 6.45) is 15.8. The minimum atomic E-state index is -1.29. The van der Waals surface area contributed by atoms with Crippen molar-refractivity contribution in [3.05, 3.63) is 191 Å². The predicted molar refractivity (Wildman–Crippen MR) is 279 cm³/mol. The lowest BCUT2D eigenvalue weighted by Gasteiger charge is -2.60. The average Bonchev–Trinajstić information content (AvgIpc) is 3.38. The van der Waals surface area contributed by atoms with Gasteiger partial charge in [0.05, 0.1) is 44.2 Å². The Balaban J connectivity index is 0.000000226. The topological polar surface area (TPSA) is 58.9 Å². The third-order valence-corrected chi connectivity index (χ3v) is 17.8. The van der Waals surface area contributed by atoms with Crippen LogP contribution in [0.5, 0.6) is 11.5 Å². The van der Waals surface area contributed by atoms with E-state index in [2.05, 4.69) is 70.0 Å². The summed E-state index contributed by atoms with van der Waals surface area (Å²) in [4.78, 5) is 0.145. The number of aliphatic hydroxyl groups is 2. The lowest BCUT2D eigenvalue weighted by molar-refractivity contribution is -0.946. The number of ether oxygens (including phenoxy) is 2. The van der Waals surface area contributed by atoms with Crippen molar-refractivity contribution >= 4 is 31.9 Å². The summed E-state index contributed by atoms with van der Waals surface area (Å²) in [5, 5.41) is 25.0. The van der Waals surface area contributed by atoms with Crippen LogP contribution in [0.2, 0.25) is 0 Å². The first-order chi connectivity index (χ1) is 33.3. The van der Waals surface area contributed by atoms with Gasteiger partial charge in [-0.15, -0.1) is 0 Å². The van der Waals surface area contributed by atoms with Crippen LogP contribution in [0.15, 0.2) is 157 Å². The fourth-order valence-electron chi connectivity index (χ4n) is 11.2. The van der Waals surface area contributed by atoms with Gasteiger partial charge in [0, 0.05) is 35.9 Å². The molecule has 0 aromatic heterocycles. The smallest absolute Gasteiger partial charge is 0.123 e. The number of alkyl halides is 2. The first-order valence-electron chi connectivity index (χ1n) is 24.9. The van der Waals surface area contributed by atoms with Crippen molar-refractivity contribution < 1.29 is 54.3 Å². The minimum absolute atomic E-state index is 0. The molecule has 3 heterocycles. The van der Waals surface area contributed by atoms with E-state index in [0.717, 1.165) is 112 Å². The van der Waals surface area contributed by atoms with Crippen molar-refractivity contribution in [3.8, 4) is 11.5 Å². The van der Waals surface area contributed by atoms with Crippen molar-refractivity contribution in [2.24, 2.45) is 17.3 Å². The zero-order valence-electron chi connectivity index (χ0n) is 40.5. The maximum Gasteiger partial charge on any atom is 0.123 e. The molecule has 5 aromatic rings. The van der Waals surface area contributed by atoms with E-state index < -0.39 is 11.2 Å². The first-order valence-corrected chi connectivity index (χ1v) is 26.7. The Morgan fingerprint density at radius 1 is 0.657 bits per heavy atom. The Bertz CT molecular complexity index is 2340. The Hall–Kier alpha value is -3.71. The molecule has 4 aliphatic rings. The fourth-order valence-corrected chi connectivity index (χ4v) is 12.3. The number of piperidine rings is 3. The molecule has 5 aromatic carbocycles. The van der Waals surface area contributed by atoms with Crippen LogP contribution in [0, 0.1) is 34.7 Å². The number of nitrogens with zero attached hydrogens (tertiary/aromatic N) is 1. The molecule has 5 unspecified atom stereocenters. The van der Waals surface area contributed by atoms with E-state index in [4.69, 9.17) is 9.47 Å². The standard InChI is InChI=1S/C30H37Br2FO2.C29H32F2NO2.BrH/c1-3-4-11-24(21-22(2)10-9-20-35-26-18-16-25(33)17-19-26)30(34,23-12-6-5-7-13-23)27-14-8-15-28(31)29(27)32;30-25-11-7-23(8-12-25)29(33,24-9-13-26(31)14-10-24)28-15-19-32(20-16-28,21-17-28)18-4-22-34-27-5-2-1-3-6-27;/h5-8,12-19,22,24,28-29,34H,3-4,9-11,20-21H2,1-2H3;1-3,5-14,33H,4,15-22H2;1H/q;+1;/p-1. The molecule has 3 fully saturated rings. The Morgan fingerprint density at radius 3 is 1.70 bits per heavy atom. The monoisotopic (exact) mass is 1150 g/mol. The molecule has 70 heavy (non-hydrogen) atoms. The van der Waals surface area contributed by atoms with Crippen molar-refractivity contribution in [1.29, 1.82) is 0 Å². The molecule has 11 heteroatoms. The van der Waals surface area contributed by atoms with Crippen LogP contribution in [0.4, 0.5) is 13.2 Å². The Kier molecular flexibility index (Phi) is 20.5. The van der Waals surface area contributed by atoms with Crippen molar-refractivity contribution in [2.75, 3.05) is 39.4 Å². The number of halogens is 6. The van der Waals surface area contributed by atoms with Crippen LogP contribution in [0.3, 0.4) is 0 Å². The predicted octanol–water partition coefficient (Wildman–Crippen LogP) is 11.4. The normalized spacial score (nSPS) is 22.3. The van der Waals surface area contributed by atoms with E-state index in [9.17, 15) is 23.4 Å². The number of fused-ring (bicyclic) bond motifs is 3. The second kappa shape index (κ2) is 25.8. The summed E-state index contributed by atoms with van der Waals surface area (Å²) < 4.78 is 53.3. The molecule has 0 amide bonds. The van der Waals surface area contributed by atoms with Gasteiger partial charge >= 0.3 is 0 Å². The van der Waals surface area contributed by atoms with Gasteiger partial charge < -0.3 is 41.2 Å². The van der Waals surface area contributed by atoms with Gasteiger partial charge in [0.25, 0.3) is 0 Å². The zero-order valence-corrected chi connectivity index (χ0v) is 45.2. The highest BCUT2D eigenvalue weighted by molar-refractivity contribution is 9.12. The van der Waals surface area contributed by atoms with Crippen molar-refractivity contribution in [2.45, 2.75) is 98.9 Å². The minimum Gasteiger partial charge on any atom is -1.00 e. The van der Waals surface area contributed by atoms with Gasteiger partial charge in [0.15, 0.2) is 0 Å². The second-order valence-corrected chi connectivity index (χ2v) is 21.7. The van der Waals surface area contributed by atoms with E-state index in [-0.39, 0.29) is 55.4 Å². The van der Waals surface area contributed by atoms with E-state index in [0.29, 0.717) is 36.0 Å². The molecule has 3 aliphatic heterocycles. The van der Waals surface area contributed by atoms with Gasteiger partial charge in [-0.25, -0.2) is 13.2 Å². The molecule has 1 aliphatic carbocycles. The molecule has 376 valence electrons. The average molecular weight is 1150 g/mol. The first kappa shape index (κ1) is 55.6. The molecule has 5 nitrogen and oxygen atoms in total. The van der Waals surface area contributed by atoms with Crippen LogP contribution in [0.1, 0.15) is 94.7 Å². The highest BCUT2D eigenvalue weighted by atomic mass is 79.9. The third kappa shape index (κ3) is 13.3. The fraction of sp³-hybridized carbons (Fsp3) is 0.424. The SMILES string of the molecule is CCCCC(CC(C)CCCOc1ccc(F)cc1)C(O)(C1=CC=CC(Br)C1Br)c1ccccc1.OC(c1ccc(F)cc1)(c1ccc(F)cc1)C12CC[N+](CCCOc3ccccc3)(CC1)CC2.[Br-]. The van der Waals surface area contributed by atoms with Crippen LogP contribution in [-0.4, -0.2) is 63.7 Å². The second-order valence-electron chi connectivity index (χ2n) is 19.6. The van der Waals surface area contributed by atoms with Gasteiger partial charge in [-0.2, -0.15) is 0 Å². The number of hydrogen-bond donors (Lipinski definition) is 2. The highest BCUT2D eigenvalue weighted by Gasteiger charge is 2.60. The summed E-state index contributed by atoms with van der Waals surface area (Å²) >= 11 is 7.62. The molecular formula is C59H69Br3F3NO4. The molecule has 0 spiro atoms. The van der Waals surface area contributed by atoms with E-state index in [1.807, 2.05) is 54.6 Å². The number of rotatable bonds is 21. The highest BCUT2D eigenvalue weighted by Crippen LogP contribution is 2.57. The van der Waals surface area contributed by atoms with Gasteiger partial charge in [-0.05, 0) is 120 Å². The lowest BCUT2D eigenvalue weighted by Crippen LogP contribution is -3.00. The number of hydrogen-bond acceptors (Lipinski definition) is 4. The summed E-state index contributed by atoms with van der Waals surface area (Å²) in [6, 6.07) is 38.6. The van der Waals surface area contributed by atoms with Crippen molar-refractivity contribution in [1.82, 2.24) is 0 Å². The summed E-state index contributed by atoms with van der Waals surface area (Å²) in [7, 11) is 0. The maximum atomic E-state index is 13.7. The number of unbranched alkanes of at least 4 members (excludes halogenated alkanes) is 1. The molecule has 2 bridgehead atoms. The quantitative estimate of drug-likeness (QED) is 0.0437. The molecule has 5 atom stereocenters. The molecule has 0 radical (unpaired) electrons. The summed E-state index contributed by atoms with van der Waals surface area (Å²) in [6.45, 7) is 9.83. The van der Waals surface area contributed by atoms with Crippen LogP contribution < -0.4 is 26.5 Å². The molecular weight excluding hydrogens is 1080 g/mol. The number of allylic oxidation sites excluding steroid dienone is 3. The number of benzene rings is 5. The van der Waals surface area contributed by atoms with Gasteiger partial charge in [-0.1, -0.05) is 150 Å². The maximum absolute atomic E-state index is 13.7. The van der Waals surface area contributed by atoms with Crippen LogP contribution in [0.25, 0.3) is 0 Å². The zero-order chi connectivity index (χ0) is 48.9. The van der Waals surface area contributed by atoms with Gasteiger partial charge in [-0.3, -0.25) is 0 Å². The van der Waals surface area contributed by atoms with Gasteiger partial charge in [0.1, 0.15) is 40.2 Å². The summed E-state index contributed by atoms with van der Waals surface area (Å²) in [5.41, 5.74) is 0.627. The number of quaternary nitrogens is 1. The molecule has 0 saturated carbocycles. The van der Waals surface area contributed by atoms with E-state index in [1.165, 1.54) is 36.4 Å². The summed E-state index contributed by atoms with van der Waals surface area (Å²) in [5.74, 6) is 1.21. The largest absolute Gasteiger partial charge is 1.00 e. The van der Waals surface area contributed by atoms with Crippen LogP contribution in [-0.2, 0) is 11.2 Å². The Labute approximate surface area is 441 Å². The number of para-hydroxylation sites is 1. The molecule has 3 saturated heterocycles. The van der Waals surface area contributed by atoms with Gasteiger partial charge in [0.2, 0.25) is 0 Å². The van der Waals surface area contributed by atoms with E-state index in [1.54, 1.807) is 36.4 Å². The van der Waals surface area contributed by atoms with Crippen molar-refractivity contribution in [3.63, 3.8) is 0 Å². The van der Waals surface area contributed by atoms with E-state index >= 15 is 0 Å². The third-order valence-electron chi connectivity index (χ3n) is 15.2. The molecule has 9 rings (SSSR count).